The van der Waals surface area contributed by atoms with Crippen LogP contribution in [0.3, 0.4) is 0 Å². The Kier molecular flexibility index (Phi) is 5.33. The number of rotatable bonds is 7. The van der Waals surface area contributed by atoms with Gasteiger partial charge in [0.2, 0.25) is 5.75 Å². The maximum absolute atomic E-state index is 5.35. The van der Waals surface area contributed by atoms with Crippen molar-refractivity contribution >= 4 is 17.0 Å². The van der Waals surface area contributed by atoms with Crippen molar-refractivity contribution in [2.24, 2.45) is 0 Å². The predicted octanol–water partition coefficient (Wildman–Crippen LogP) is 3.95. The van der Waals surface area contributed by atoms with Gasteiger partial charge >= 0.3 is 0 Å². The van der Waals surface area contributed by atoms with Gasteiger partial charge in [-0.2, -0.15) is 0 Å². The maximum Gasteiger partial charge on any atom is 0.203 e. The topological polar surface area (TPSA) is 39.7 Å². The fourth-order valence-corrected chi connectivity index (χ4v) is 2.98. The molecular formula is C16H21NO3S. The Morgan fingerprint density at radius 3 is 2.05 bits per heavy atom. The van der Waals surface area contributed by atoms with E-state index in [2.05, 4.69) is 24.4 Å². The standard InChI is InChI=1S/C16H21NO3S/c1-5-12-6-7-13(21-12)10-17-11-8-14(18-2)16(20-4)15(9-11)19-3/h6-9,17H,5,10H2,1-4H3. The molecule has 4 nitrogen and oxygen atoms in total. The molecule has 0 radical (unpaired) electrons. The number of hydrogen-bond donors (Lipinski definition) is 1. The van der Waals surface area contributed by atoms with Crippen molar-refractivity contribution < 1.29 is 14.2 Å². The van der Waals surface area contributed by atoms with Crippen LogP contribution in [0, 0.1) is 0 Å². The molecule has 0 atom stereocenters. The summed E-state index contributed by atoms with van der Waals surface area (Å²) < 4.78 is 16.0. The van der Waals surface area contributed by atoms with Crippen LogP contribution in [0.2, 0.25) is 0 Å². The van der Waals surface area contributed by atoms with Crippen LogP contribution in [0.5, 0.6) is 17.2 Å². The third kappa shape index (κ3) is 3.61. The highest BCUT2D eigenvalue weighted by molar-refractivity contribution is 7.12. The second-order valence-electron chi connectivity index (χ2n) is 4.49. The molecule has 0 spiro atoms. The van der Waals surface area contributed by atoms with Crippen molar-refractivity contribution in [3.63, 3.8) is 0 Å². The summed E-state index contributed by atoms with van der Waals surface area (Å²) in [5.41, 5.74) is 0.941. The molecule has 0 fully saturated rings. The van der Waals surface area contributed by atoms with E-state index < -0.39 is 0 Å². The summed E-state index contributed by atoms with van der Waals surface area (Å²) in [6, 6.07) is 8.16. The Labute approximate surface area is 129 Å². The summed E-state index contributed by atoms with van der Waals surface area (Å²) in [5.74, 6) is 1.91. The van der Waals surface area contributed by atoms with Gasteiger partial charge in [0.05, 0.1) is 21.3 Å². The highest BCUT2D eigenvalue weighted by Crippen LogP contribution is 2.40. The Morgan fingerprint density at radius 1 is 0.952 bits per heavy atom. The normalized spacial score (nSPS) is 10.3. The van der Waals surface area contributed by atoms with Gasteiger partial charge in [-0.15, -0.1) is 11.3 Å². The lowest BCUT2D eigenvalue weighted by molar-refractivity contribution is 0.324. The lowest BCUT2D eigenvalue weighted by Crippen LogP contribution is -2.00. The number of nitrogens with one attached hydrogen (secondary N) is 1. The smallest absolute Gasteiger partial charge is 0.203 e. The van der Waals surface area contributed by atoms with Crippen LogP contribution in [0.4, 0.5) is 5.69 Å². The first kappa shape index (κ1) is 15.5. The summed E-state index contributed by atoms with van der Waals surface area (Å²) in [7, 11) is 4.84. The number of aryl methyl sites for hydroxylation is 1. The second-order valence-corrected chi connectivity index (χ2v) is 5.74. The van der Waals surface area contributed by atoms with E-state index in [-0.39, 0.29) is 0 Å². The van der Waals surface area contributed by atoms with Gasteiger partial charge in [0, 0.05) is 34.1 Å². The van der Waals surface area contributed by atoms with Gasteiger partial charge in [0.25, 0.3) is 0 Å². The van der Waals surface area contributed by atoms with Crippen molar-refractivity contribution in [2.75, 3.05) is 26.6 Å². The van der Waals surface area contributed by atoms with Gasteiger partial charge in [-0.25, -0.2) is 0 Å². The molecule has 0 unspecified atom stereocenters. The van der Waals surface area contributed by atoms with Crippen molar-refractivity contribution in [3.8, 4) is 17.2 Å². The number of methoxy groups -OCH3 is 3. The highest BCUT2D eigenvalue weighted by Gasteiger charge is 2.13. The fourth-order valence-electron chi connectivity index (χ4n) is 2.08. The minimum Gasteiger partial charge on any atom is -0.493 e. The maximum atomic E-state index is 5.35. The van der Waals surface area contributed by atoms with Gasteiger partial charge in [0.15, 0.2) is 11.5 Å². The molecule has 0 saturated heterocycles. The third-order valence-corrected chi connectivity index (χ3v) is 4.43. The van der Waals surface area contributed by atoms with Crippen molar-refractivity contribution in [1.29, 1.82) is 0 Å². The van der Waals surface area contributed by atoms with E-state index in [0.717, 1.165) is 18.7 Å². The van der Waals surface area contributed by atoms with Crippen molar-refractivity contribution in [2.45, 2.75) is 19.9 Å². The molecule has 2 aromatic rings. The Bertz CT molecular complexity index is 570. The zero-order chi connectivity index (χ0) is 15.2. The van der Waals surface area contributed by atoms with Gasteiger partial charge in [-0.1, -0.05) is 6.92 Å². The molecule has 0 aliphatic rings. The Balaban J connectivity index is 2.15. The molecule has 0 aliphatic heterocycles. The lowest BCUT2D eigenvalue weighted by Gasteiger charge is -2.14. The van der Waals surface area contributed by atoms with E-state index in [4.69, 9.17) is 14.2 Å². The molecule has 0 saturated carbocycles. The van der Waals surface area contributed by atoms with E-state index >= 15 is 0 Å². The molecule has 1 aromatic heterocycles. The molecule has 0 aliphatic carbocycles. The predicted molar refractivity (Wildman–Crippen MR) is 87.1 cm³/mol. The van der Waals surface area contributed by atoms with Crippen LogP contribution in [-0.4, -0.2) is 21.3 Å². The van der Waals surface area contributed by atoms with Gasteiger partial charge in [-0.3, -0.25) is 0 Å². The van der Waals surface area contributed by atoms with Crippen molar-refractivity contribution in [1.82, 2.24) is 0 Å². The van der Waals surface area contributed by atoms with Crippen LogP contribution >= 0.6 is 11.3 Å². The number of anilines is 1. The Hall–Kier alpha value is -1.88. The SMILES string of the molecule is CCc1ccc(CNc2cc(OC)c(OC)c(OC)c2)s1. The third-order valence-electron chi connectivity index (χ3n) is 3.20. The molecular weight excluding hydrogens is 286 g/mol. The lowest BCUT2D eigenvalue weighted by atomic mass is 10.2. The quantitative estimate of drug-likeness (QED) is 0.841. The van der Waals surface area contributed by atoms with Gasteiger partial charge < -0.3 is 19.5 Å². The summed E-state index contributed by atoms with van der Waals surface area (Å²) >= 11 is 1.83. The van der Waals surface area contributed by atoms with Crippen LogP contribution in [0.25, 0.3) is 0 Å². The monoisotopic (exact) mass is 307 g/mol. The molecule has 1 heterocycles. The van der Waals surface area contributed by atoms with Crippen LogP contribution < -0.4 is 19.5 Å². The minimum absolute atomic E-state index is 0.606. The summed E-state index contributed by atoms with van der Waals surface area (Å²) in [6.07, 6.45) is 1.08. The molecule has 21 heavy (non-hydrogen) atoms. The summed E-state index contributed by atoms with van der Waals surface area (Å²) in [6.45, 7) is 2.95. The summed E-state index contributed by atoms with van der Waals surface area (Å²) in [5, 5.41) is 3.39. The number of hydrogen-bond acceptors (Lipinski definition) is 5. The molecule has 2 rings (SSSR count). The number of ether oxygens (including phenoxy) is 3. The fraction of sp³-hybridized carbons (Fsp3) is 0.375. The molecule has 5 heteroatoms. The second kappa shape index (κ2) is 7.22. The van der Waals surface area contributed by atoms with Crippen LogP contribution in [0.15, 0.2) is 24.3 Å². The van der Waals surface area contributed by atoms with Crippen molar-refractivity contribution in [3.05, 3.63) is 34.0 Å². The average molecular weight is 307 g/mol. The number of thiophene rings is 1. The highest BCUT2D eigenvalue weighted by atomic mass is 32.1. The average Bonchev–Trinajstić information content (AvgIpc) is 2.99. The molecule has 0 amide bonds. The van der Waals surface area contributed by atoms with E-state index in [0.29, 0.717) is 17.2 Å². The summed E-state index contributed by atoms with van der Waals surface area (Å²) in [4.78, 5) is 2.71. The van der Waals surface area contributed by atoms with Crippen LogP contribution in [0.1, 0.15) is 16.7 Å². The molecule has 1 aromatic carbocycles. The molecule has 114 valence electrons. The molecule has 1 N–H and O–H groups in total. The van der Waals surface area contributed by atoms with Crippen LogP contribution in [-0.2, 0) is 13.0 Å². The number of benzene rings is 1. The first-order chi connectivity index (χ1) is 10.2. The zero-order valence-electron chi connectivity index (χ0n) is 12.9. The van der Waals surface area contributed by atoms with Gasteiger partial charge in [-0.05, 0) is 18.6 Å². The molecule has 0 bridgehead atoms. The van der Waals surface area contributed by atoms with E-state index in [9.17, 15) is 0 Å². The van der Waals surface area contributed by atoms with Gasteiger partial charge in [0.1, 0.15) is 0 Å². The van der Waals surface area contributed by atoms with E-state index in [1.807, 2.05) is 23.5 Å². The zero-order valence-corrected chi connectivity index (χ0v) is 13.7. The first-order valence-corrected chi connectivity index (χ1v) is 7.65. The van der Waals surface area contributed by atoms with E-state index in [1.54, 1.807) is 21.3 Å². The minimum atomic E-state index is 0.606. The first-order valence-electron chi connectivity index (χ1n) is 6.83. The largest absolute Gasteiger partial charge is 0.493 e. The Morgan fingerprint density at radius 2 is 1.57 bits per heavy atom. The van der Waals surface area contributed by atoms with E-state index in [1.165, 1.54) is 9.75 Å².